The van der Waals surface area contributed by atoms with E-state index in [-0.39, 0.29) is 11.5 Å². The molecule has 0 amide bonds. The fourth-order valence-electron chi connectivity index (χ4n) is 1.51. The van der Waals surface area contributed by atoms with E-state index in [9.17, 15) is 17.6 Å². The van der Waals surface area contributed by atoms with Crippen LogP contribution in [0.25, 0.3) is 11.5 Å². The summed E-state index contributed by atoms with van der Waals surface area (Å²) in [7, 11) is 0.976. The van der Waals surface area contributed by atoms with Gasteiger partial charge >= 0.3 is 6.18 Å². The maximum atomic E-state index is 13.6. The average Bonchev–Trinajstić information content (AvgIpc) is 2.37. The molecule has 106 valence electrons. The summed E-state index contributed by atoms with van der Waals surface area (Å²) in [6, 6.07) is 3.14. The van der Waals surface area contributed by atoms with Crippen LogP contribution in [0.4, 0.5) is 17.6 Å². The predicted octanol–water partition coefficient (Wildman–Crippen LogP) is 3.01. The van der Waals surface area contributed by atoms with Crippen molar-refractivity contribution in [2.45, 2.75) is 13.1 Å². The first-order valence-electron chi connectivity index (χ1n) is 5.44. The van der Waals surface area contributed by atoms with Gasteiger partial charge in [-0.05, 0) is 18.6 Å². The Labute approximate surface area is 111 Å². The van der Waals surface area contributed by atoms with Crippen molar-refractivity contribution in [2.24, 2.45) is 0 Å². The van der Waals surface area contributed by atoms with E-state index in [0.29, 0.717) is 0 Å². The number of hydrogen-bond donors (Lipinski definition) is 0. The molecule has 0 aliphatic rings. The number of ether oxygens (including phenoxy) is 1. The fourth-order valence-corrected chi connectivity index (χ4v) is 1.51. The Hall–Kier alpha value is -2.25. The van der Waals surface area contributed by atoms with Gasteiger partial charge in [-0.25, -0.2) is 0 Å². The first-order chi connectivity index (χ1) is 9.32. The number of aryl methyl sites for hydroxylation is 1. The lowest BCUT2D eigenvalue weighted by Crippen LogP contribution is -2.14. The van der Waals surface area contributed by atoms with Crippen molar-refractivity contribution in [1.82, 2.24) is 15.0 Å². The summed E-state index contributed by atoms with van der Waals surface area (Å²) in [4.78, 5) is 10.7. The zero-order valence-electron chi connectivity index (χ0n) is 10.5. The minimum Gasteiger partial charge on any atom is -0.480 e. The van der Waals surface area contributed by atoms with Crippen molar-refractivity contribution >= 4 is 0 Å². The van der Waals surface area contributed by atoms with Crippen LogP contribution < -0.4 is 4.74 Å². The van der Waals surface area contributed by atoms with Crippen molar-refractivity contribution in [3.63, 3.8) is 0 Å². The number of pyridine rings is 1. The molecule has 4 nitrogen and oxygen atoms in total. The molecule has 8 heteroatoms. The summed E-state index contributed by atoms with van der Waals surface area (Å²) in [5, 5.41) is 0. The Balaban J connectivity index is 2.58. The van der Waals surface area contributed by atoms with Gasteiger partial charge in [0.2, 0.25) is 11.8 Å². The predicted molar refractivity (Wildman–Crippen MR) is 61.5 cm³/mol. The van der Waals surface area contributed by atoms with Crippen LogP contribution >= 0.6 is 0 Å². The molecule has 0 N–H and O–H groups in total. The Bertz CT molecular complexity index is 626. The highest BCUT2D eigenvalue weighted by atomic mass is 19.4. The van der Waals surface area contributed by atoms with E-state index >= 15 is 0 Å². The summed E-state index contributed by atoms with van der Waals surface area (Å²) in [6.07, 6.45) is -3.46. The Kier molecular flexibility index (Phi) is 3.56. The van der Waals surface area contributed by atoms with Gasteiger partial charge in [-0.1, -0.05) is 6.07 Å². The molecule has 2 rings (SSSR count). The van der Waals surface area contributed by atoms with E-state index in [4.69, 9.17) is 0 Å². The monoisotopic (exact) mass is 287 g/mol. The second-order valence-electron chi connectivity index (χ2n) is 3.94. The van der Waals surface area contributed by atoms with Gasteiger partial charge < -0.3 is 4.74 Å². The third-order valence-electron chi connectivity index (χ3n) is 2.45. The van der Waals surface area contributed by atoms with Crippen LogP contribution in [-0.4, -0.2) is 22.1 Å². The van der Waals surface area contributed by atoms with Crippen molar-refractivity contribution < 1.29 is 22.3 Å². The van der Waals surface area contributed by atoms with E-state index in [1.165, 1.54) is 12.3 Å². The van der Waals surface area contributed by atoms with Crippen molar-refractivity contribution in [2.75, 3.05) is 7.11 Å². The molecule has 2 aromatic heterocycles. The van der Waals surface area contributed by atoms with Crippen LogP contribution in [0, 0.1) is 12.9 Å². The number of nitrogens with zero attached hydrogens (tertiary/aromatic N) is 3. The topological polar surface area (TPSA) is 47.9 Å². The maximum Gasteiger partial charge on any atom is 0.426 e. The highest BCUT2D eigenvalue weighted by Gasteiger charge is 2.40. The van der Waals surface area contributed by atoms with Gasteiger partial charge in [-0.15, -0.1) is 0 Å². The molecule has 0 saturated carbocycles. The lowest BCUT2D eigenvalue weighted by Gasteiger charge is -2.12. The van der Waals surface area contributed by atoms with Gasteiger partial charge in [0.15, 0.2) is 11.4 Å². The summed E-state index contributed by atoms with van der Waals surface area (Å²) in [6.45, 7) is 1.78. The second-order valence-corrected chi connectivity index (χ2v) is 3.94. The van der Waals surface area contributed by atoms with Crippen LogP contribution in [-0.2, 0) is 6.18 Å². The quantitative estimate of drug-likeness (QED) is 0.629. The highest BCUT2D eigenvalue weighted by Crippen LogP contribution is 2.37. The number of aromatic nitrogens is 3. The van der Waals surface area contributed by atoms with Gasteiger partial charge in [-0.3, -0.25) is 4.98 Å². The van der Waals surface area contributed by atoms with Gasteiger partial charge in [0, 0.05) is 6.20 Å². The summed E-state index contributed by atoms with van der Waals surface area (Å²) >= 11 is 0. The van der Waals surface area contributed by atoms with E-state index in [2.05, 4.69) is 19.7 Å². The van der Waals surface area contributed by atoms with Crippen LogP contribution in [0.15, 0.2) is 18.3 Å². The molecule has 0 unspecified atom stereocenters. The molecule has 2 heterocycles. The van der Waals surface area contributed by atoms with E-state index in [0.717, 1.165) is 12.7 Å². The molecule has 0 fully saturated rings. The van der Waals surface area contributed by atoms with Crippen LogP contribution in [0.2, 0.25) is 0 Å². The second kappa shape index (κ2) is 5.03. The number of hydrogen-bond acceptors (Lipinski definition) is 4. The fraction of sp³-hybridized carbons (Fsp3) is 0.250. The van der Waals surface area contributed by atoms with Gasteiger partial charge in [0.1, 0.15) is 5.69 Å². The first-order valence-corrected chi connectivity index (χ1v) is 5.44. The molecule has 20 heavy (non-hydrogen) atoms. The number of methoxy groups -OCH3 is 1. The van der Waals surface area contributed by atoms with Gasteiger partial charge in [-0.2, -0.15) is 27.5 Å². The molecule has 0 atom stereocenters. The highest BCUT2D eigenvalue weighted by molar-refractivity contribution is 5.51. The largest absolute Gasteiger partial charge is 0.480 e. The third-order valence-corrected chi connectivity index (χ3v) is 2.45. The Morgan fingerprint density at radius 2 is 1.85 bits per heavy atom. The van der Waals surface area contributed by atoms with Crippen molar-refractivity contribution in [1.29, 1.82) is 0 Å². The first kappa shape index (κ1) is 14.2. The standard InChI is InChI=1S/C12H9F4N3O/c1-6-3-4-7(17-5-6)10-18-9(13)8(12(14,15)16)11(19-10)20-2/h3-5H,1-2H3. The minimum absolute atomic E-state index is 0.154. The maximum absolute atomic E-state index is 13.6. The zero-order valence-corrected chi connectivity index (χ0v) is 10.5. The summed E-state index contributed by atoms with van der Waals surface area (Å²) < 4.78 is 56.1. The lowest BCUT2D eigenvalue weighted by atomic mass is 10.2. The molecule has 0 spiro atoms. The number of rotatable bonds is 2. The smallest absolute Gasteiger partial charge is 0.426 e. The minimum atomic E-state index is -4.94. The average molecular weight is 287 g/mol. The Morgan fingerprint density at radius 3 is 2.35 bits per heavy atom. The van der Waals surface area contributed by atoms with Crippen LogP contribution in [0.3, 0.4) is 0 Å². The van der Waals surface area contributed by atoms with Crippen molar-refractivity contribution in [3.8, 4) is 17.4 Å². The summed E-state index contributed by atoms with van der Waals surface area (Å²) in [5.74, 6) is -2.84. The van der Waals surface area contributed by atoms with Crippen LogP contribution in [0.1, 0.15) is 11.1 Å². The van der Waals surface area contributed by atoms with E-state index in [1.807, 2.05) is 0 Å². The molecular weight excluding hydrogens is 278 g/mol. The van der Waals surface area contributed by atoms with Gasteiger partial charge in [0.05, 0.1) is 7.11 Å². The zero-order chi connectivity index (χ0) is 14.9. The normalized spacial score (nSPS) is 11.5. The SMILES string of the molecule is COc1nc(-c2ccc(C)cn2)nc(F)c1C(F)(F)F. The molecule has 0 saturated heterocycles. The number of alkyl halides is 3. The molecule has 0 bridgehead atoms. The van der Waals surface area contributed by atoms with Crippen LogP contribution in [0.5, 0.6) is 5.88 Å². The molecule has 0 aliphatic heterocycles. The molecule has 0 aromatic carbocycles. The van der Waals surface area contributed by atoms with E-state index in [1.54, 1.807) is 13.0 Å². The Morgan fingerprint density at radius 1 is 1.15 bits per heavy atom. The third kappa shape index (κ3) is 2.68. The number of halogens is 4. The molecular formula is C12H9F4N3O. The molecule has 2 aromatic rings. The molecule has 0 radical (unpaired) electrons. The summed E-state index contributed by atoms with van der Waals surface area (Å²) in [5.41, 5.74) is -0.634. The van der Waals surface area contributed by atoms with Crippen molar-refractivity contribution in [3.05, 3.63) is 35.4 Å². The molecule has 0 aliphatic carbocycles. The van der Waals surface area contributed by atoms with Gasteiger partial charge in [0.25, 0.3) is 0 Å². The lowest BCUT2D eigenvalue weighted by molar-refractivity contribution is -0.142. The van der Waals surface area contributed by atoms with E-state index < -0.39 is 23.6 Å².